The van der Waals surface area contributed by atoms with E-state index in [9.17, 15) is 0 Å². The summed E-state index contributed by atoms with van der Waals surface area (Å²) < 4.78 is 0. The topological polar surface area (TPSA) is 38.0 Å². The van der Waals surface area contributed by atoms with Gasteiger partial charge in [0.05, 0.1) is 0 Å². The molecule has 0 saturated heterocycles. The van der Waals surface area contributed by atoms with Gasteiger partial charge < -0.3 is 11.1 Å². The molecule has 0 fully saturated rings. The number of nitrogens with one attached hydrogen (secondary N) is 1. The van der Waals surface area contributed by atoms with E-state index < -0.39 is 0 Å². The van der Waals surface area contributed by atoms with Crippen LogP contribution < -0.4 is 11.1 Å². The van der Waals surface area contributed by atoms with Crippen LogP contribution in [-0.4, -0.2) is 19.6 Å². The van der Waals surface area contributed by atoms with Crippen LogP contribution in [0.2, 0.25) is 0 Å². The predicted octanol–water partition coefficient (Wildman–Crippen LogP) is 1.61. The molecule has 0 aromatic carbocycles. The van der Waals surface area contributed by atoms with Gasteiger partial charge in [-0.1, -0.05) is 27.7 Å². The van der Waals surface area contributed by atoms with Crippen molar-refractivity contribution in [3.63, 3.8) is 0 Å². The molecule has 2 nitrogen and oxygen atoms in total. The Morgan fingerprint density at radius 1 is 1.36 bits per heavy atom. The Kier molecular flexibility index (Phi) is 15.4. The zero-order chi connectivity index (χ0) is 9.11. The third kappa shape index (κ3) is 13.0. The second-order valence-electron chi connectivity index (χ2n) is 2.48. The van der Waals surface area contributed by atoms with Gasteiger partial charge in [-0.05, 0) is 32.0 Å². The van der Waals surface area contributed by atoms with Crippen molar-refractivity contribution in [2.45, 2.75) is 34.1 Å². The third-order valence-electron chi connectivity index (χ3n) is 1.47. The molecule has 0 saturated carbocycles. The zero-order valence-corrected chi connectivity index (χ0v) is 8.48. The van der Waals surface area contributed by atoms with Gasteiger partial charge in [-0.3, -0.25) is 0 Å². The number of hydrogen-bond donors (Lipinski definition) is 2. The molecule has 0 aliphatic carbocycles. The average molecular weight is 160 g/mol. The zero-order valence-electron chi connectivity index (χ0n) is 8.48. The van der Waals surface area contributed by atoms with E-state index in [1.165, 1.54) is 6.42 Å². The molecule has 0 radical (unpaired) electrons. The molecule has 0 aliphatic heterocycles. The van der Waals surface area contributed by atoms with Crippen LogP contribution in [0, 0.1) is 5.92 Å². The van der Waals surface area contributed by atoms with Crippen molar-refractivity contribution in [2.24, 2.45) is 11.7 Å². The summed E-state index contributed by atoms with van der Waals surface area (Å²) in [7, 11) is 0. The molecule has 11 heavy (non-hydrogen) atoms. The Balaban J connectivity index is 0. The Hall–Kier alpha value is -0.0800. The molecule has 0 aromatic rings. The Labute approximate surface area is 71.6 Å². The van der Waals surface area contributed by atoms with Gasteiger partial charge in [-0.2, -0.15) is 0 Å². The molecule has 0 amide bonds. The average Bonchev–Trinajstić information content (AvgIpc) is 2.08. The number of rotatable bonds is 5. The van der Waals surface area contributed by atoms with Crippen molar-refractivity contribution in [1.82, 2.24) is 5.32 Å². The molecule has 0 spiro atoms. The van der Waals surface area contributed by atoms with E-state index in [2.05, 4.69) is 19.2 Å². The van der Waals surface area contributed by atoms with E-state index in [4.69, 9.17) is 5.73 Å². The number of nitrogens with two attached hydrogens (primary N) is 1. The van der Waals surface area contributed by atoms with E-state index in [1.807, 2.05) is 13.8 Å². The highest BCUT2D eigenvalue weighted by atomic mass is 14.8. The van der Waals surface area contributed by atoms with Crippen LogP contribution >= 0.6 is 0 Å². The normalized spacial score (nSPS) is 11.7. The second kappa shape index (κ2) is 12.6. The SMILES string of the molecule is CC.CCNCCC(C)CN. The van der Waals surface area contributed by atoms with Gasteiger partial charge in [-0.15, -0.1) is 0 Å². The van der Waals surface area contributed by atoms with Crippen molar-refractivity contribution in [1.29, 1.82) is 0 Å². The number of hydrogen-bond acceptors (Lipinski definition) is 2. The smallest absolute Gasteiger partial charge is 0.00460 e. The lowest BCUT2D eigenvalue weighted by atomic mass is 10.1. The van der Waals surface area contributed by atoms with Crippen molar-refractivity contribution >= 4 is 0 Å². The molecule has 0 bridgehead atoms. The first-order chi connectivity index (χ1) is 5.31. The van der Waals surface area contributed by atoms with Gasteiger partial charge in [0.2, 0.25) is 0 Å². The quantitative estimate of drug-likeness (QED) is 0.600. The minimum absolute atomic E-state index is 0.670. The van der Waals surface area contributed by atoms with E-state index in [0.29, 0.717) is 5.92 Å². The van der Waals surface area contributed by atoms with E-state index in [-0.39, 0.29) is 0 Å². The standard InChI is InChI=1S/C7H18N2.C2H6/c1-3-9-5-4-7(2)6-8;1-2/h7,9H,3-6,8H2,1-2H3;1-2H3. The first-order valence-corrected chi connectivity index (χ1v) is 4.72. The summed E-state index contributed by atoms with van der Waals surface area (Å²) in [5.74, 6) is 0.670. The minimum atomic E-state index is 0.670. The van der Waals surface area contributed by atoms with Crippen LogP contribution in [0.15, 0.2) is 0 Å². The molecule has 2 heteroatoms. The van der Waals surface area contributed by atoms with Crippen LogP contribution in [0.25, 0.3) is 0 Å². The van der Waals surface area contributed by atoms with Crippen molar-refractivity contribution in [2.75, 3.05) is 19.6 Å². The van der Waals surface area contributed by atoms with Crippen LogP contribution in [0.5, 0.6) is 0 Å². The summed E-state index contributed by atoms with van der Waals surface area (Å²) in [5.41, 5.74) is 5.43. The molecular weight excluding hydrogens is 136 g/mol. The summed E-state index contributed by atoms with van der Waals surface area (Å²) >= 11 is 0. The Morgan fingerprint density at radius 2 is 1.91 bits per heavy atom. The van der Waals surface area contributed by atoms with Crippen molar-refractivity contribution in [3.8, 4) is 0 Å². The minimum Gasteiger partial charge on any atom is -0.330 e. The summed E-state index contributed by atoms with van der Waals surface area (Å²) in [5, 5.41) is 3.26. The molecule has 1 unspecified atom stereocenters. The van der Waals surface area contributed by atoms with Gasteiger partial charge >= 0.3 is 0 Å². The predicted molar refractivity (Wildman–Crippen MR) is 52.7 cm³/mol. The lowest BCUT2D eigenvalue weighted by Crippen LogP contribution is -2.20. The van der Waals surface area contributed by atoms with Gasteiger partial charge in [0, 0.05) is 0 Å². The summed E-state index contributed by atoms with van der Waals surface area (Å²) in [6.07, 6.45) is 1.20. The fourth-order valence-electron chi connectivity index (χ4n) is 0.643. The molecular formula is C9H24N2. The van der Waals surface area contributed by atoms with Crippen molar-refractivity contribution in [3.05, 3.63) is 0 Å². The lowest BCUT2D eigenvalue weighted by Gasteiger charge is -2.06. The van der Waals surface area contributed by atoms with Gasteiger partial charge in [-0.25, -0.2) is 0 Å². The maximum absolute atomic E-state index is 5.43. The Morgan fingerprint density at radius 3 is 2.27 bits per heavy atom. The highest BCUT2D eigenvalue weighted by Crippen LogP contribution is 1.95. The summed E-state index contributed by atoms with van der Waals surface area (Å²) in [6.45, 7) is 11.3. The maximum atomic E-state index is 5.43. The van der Waals surface area contributed by atoms with Crippen LogP contribution in [0.3, 0.4) is 0 Å². The monoisotopic (exact) mass is 160 g/mol. The van der Waals surface area contributed by atoms with Crippen LogP contribution in [0.4, 0.5) is 0 Å². The molecule has 1 atom stereocenters. The van der Waals surface area contributed by atoms with E-state index in [1.54, 1.807) is 0 Å². The molecule has 0 aliphatic rings. The fraction of sp³-hybridized carbons (Fsp3) is 1.00. The third-order valence-corrected chi connectivity index (χ3v) is 1.47. The van der Waals surface area contributed by atoms with Crippen molar-refractivity contribution < 1.29 is 0 Å². The second-order valence-corrected chi connectivity index (χ2v) is 2.48. The molecule has 0 rings (SSSR count). The highest BCUT2D eigenvalue weighted by molar-refractivity contribution is 4.54. The highest BCUT2D eigenvalue weighted by Gasteiger charge is 1.95. The van der Waals surface area contributed by atoms with Gasteiger partial charge in [0.25, 0.3) is 0 Å². The van der Waals surface area contributed by atoms with E-state index in [0.717, 1.165) is 19.6 Å². The first-order valence-electron chi connectivity index (χ1n) is 4.72. The van der Waals surface area contributed by atoms with Gasteiger partial charge in [0.1, 0.15) is 0 Å². The first kappa shape index (κ1) is 13.5. The van der Waals surface area contributed by atoms with E-state index >= 15 is 0 Å². The Bertz CT molecular complexity index is 55.5. The molecule has 0 aromatic heterocycles. The fourth-order valence-corrected chi connectivity index (χ4v) is 0.643. The summed E-state index contributed by atoms with van der Waals surface area (Å²) in [6, 6.07) is 0. The molecule has 3 N–H and O–H groups in total. The molecule has 0 heterocycles. The van der Waals surface area contributed by atoms with Crippen LogP contribution in [-0.2, 0) is 0 Å². The van der Waals surface area contributed by atoms with Crippen LogP contribution in [0.1, 0.15) is 34.1 Å². The lowest BCUT2D eigenvalue weighted by molar-refractivity contribution is 0.516. The largest absolute Gasteiger partial charge is 0.330 e. The maximum Gasteiger partial charge on any atom is -0.00460 e. The molecule has 70 valence electrons. The summed E-state index contributed by atoms with van der Waals surface area (Å²) in [4.78, 5) is 0. The van der Waals surface area contributed by atoms with Gasteiger partial charge in [0.15, 0.2) is 0 Å².